The molecule has 0 aliphatic rings. The molecule has 1 unspecified atom stereocenters. The van der Waals surface area contributed by atoms with Crippen molar-refractivity contribution in [2.75, 3.05) is 6.61 Å². The molecule has 0 aliphatic carbocycles. The third-order valence-corrected chi connectivity index (χ3v) is 3.23. The Morgan fingerprint density at radius 1 is 1.25 bits per heavy atom. The molecular weight excluding hydrogens is 276 g/mol. The van der Waals surface area contributed by atoms with E-state index in [0.29, 0.717) is 12.0 Å². The largest absolute Gasteiger partial charge is 0.396 e. The van der Waals surface area contributed by atoms with Crippen molar-refractivity contribution in [1.29, 1.82) is 0 Å². The second kappa shape index (κ2) is 7.03. The van der Waals surface area contributed by atoms with E-state index in [1.807, 2.05) is 30.3 Å². The Balaban J connectivity index is 2.17. The minimum atomic E-state index is -0.301. The van der Waals surface area contributed by atoms with E-state index >= 15 is 0 Å². The fourth-order valence-electron chi connectivity index (χ4n) is 1.93. The van der Waals surface area contributed by atoms with Crippen LogP contribution in [-0.4, -0.2) is 22.6 Å². The van der Waals surface area contributed by atoms with Crippen LogP contribution in [-0.2, 0) is 0 Å². The fraction of sp³-hybridized carbons (Fsp3) is 0.200. The van der Waals surface area contributed by atoms with Crippen LogP contribution in [0.3, 0.4) is 0 Å². The number of aliphatic hydroxyl groups is 1. The molecule has 1 amide bonds. The number of hydrogen-bond donors (Lipinski definition) is 2. The fourth-order valence-corrected chi connectivity index (χ4v) is 2.13. The molecule has 0 bridgehead atoms. The normalized spacial score (nSPS) is 11.9. The first kappa shape index (κ1) is 14.5. The summed E-state index contributed by atoms with van der Waals surface area (Å²) in [6.45, 7) is -0.0133. The molecule has 0 saturated heterocycles. The van der Waals surface area contributed by atoms with Crippen LogP contribution >= 0.6 is 11.6 Å². The predicted molar refractivity (Wildman–Crippen MR) is 77.6 cm³/mol. The summed E-state index contributed by atoms with van der Waals surface area (Å²) in [6.07, 6.45) is 1.97. The topological polar surface area (TPSA) is 62.2 Å². The van der Waals surface area contributed by atoms with E-state index in [0.717, 1.165) is 5.56 Å². The second-order valence-electron chi connectivity index (χ2n) is 4.29. The Labute approximate surface area is 122 Å². The number of nitrogens with zero attached hydrogens (tertiary/aromatic N) is 1. The van der Waals surface area contributed by atoms with Crippen LogP contribution in [0.15, 0.2) is 48.7 Å². The van der Waals surface area contributed by atoms with E-state index in [1.165, 1.54) is 6.20 Å². The molecule has 0 radical (unpaired) electrons. The van der Waals surface area contributed by atoms with E-state index in [1.54, 1.807) is 12.1 Å². The number of carbonyl (C=O) groups is 1. The number of hydrogen-bond acceptors (Lipinski definition) is 3. The number of nitrogens with one attached hydrogen (secondary N) is 1. The number of aliphatic hydroxyl groups excluding tert-OH is 1. The lowest BCUT2D eigenvalue weighted by Gasteiger charge is -2.18. The number of amides is 1. The Hall–Kier alpha value is -1.91. The highest BCUT2D eigenvalue weighted by Crippen LogP contribution is 2.18. The first-order valence-electron chi connectivity index (χ1n) is 6.29. The third-order valence-electron chi connectivity index (χ3n) is 2.93. The summed E-state index contributed by atoms with van der Waals surface area (Å²) >= 11 is 5.90. The van der Waals surface area contributed by atoms with Gasteiger partial charge >= 0.3 is 0 Å². The molecule has 1 aromatic heterocycles. The summed E-state index contributed by atoms with van der Waals surface area (Å²) in [6, 6.07) is 12.5. The van der Waals surface area contributed by atoms with Gasteiger partial charge in [0.2, 0.25) is 0 Å². The SMILES string of the molecule is O=C(NC(CCO)c1ccccc1)c1cccnc1Cl. The van der Waals surface area contributed by atoms with Crippen LogP contribution in [0.4, 0.5) is 0 Å². The Kier molecular flexibility index (Phi) is 5.09. The lowest BCUT2D eigenvalue weighted by Crippen LogP contribution is -2.29. The lowest BCUT2D eigenvalue weighted by atomic mass is 10.0. The summed E-state index contributed by atoms with van der Waals surface area (Å²) in [5, 5.41) is 12.2. The standard InChI is InChI=1S/C15H15ClN2O2/c16-14-12(7-4-9-17-14)15(20)18-13(8-10-19)11-5-2-1-3-6-11/h1-7,9,13,19H,8,10H2,(H,18,20). The number of halogens is 1. The van der Waals surface area contributed by atoms with Crippen molar-refractivity contribution in [3.05, 3.63) is 64.9 Å². The van der Waals surface area contributed by atoms with Crippen molar-refractivity contribution in [3.63, 3.8) is 0 Å². The molecule has 1 aromatic carbocycles. The zero-order valence-corrected chi connectivity index (χ0v) is 11.5. The highest BCUT2D eigenvalue weighted by atomic mass is 35.5. The van der Waals surface area contributed by atoms with Gasteiger partial charge in [-0.3, -0.25) is 4.79 Å². The van der Waals surface area contributed by atoms with Crippen molar-refractivity contribution in [1.82, 2.24) is 10.3 Å². The third kappa shape index (κ3) is 3.56. The van der Waals surface area contributed by atoms with Gasteiger partial charge in [0.25, 0.3) is 5.91 Å². The monoisotopic (exact) mass is 290 g/mol. The average molecular weight is 291 g/mol. The molecule has 2 rings (SSSR count). The maximum Gasteiger partial charge on any atom is 0.254 e. The van der Waals surface area contributed by atoms with Crippen molar-refractivity contribution < 1.29 is 9.90 Å². The molecule has 0 fully saturated rings. The molecule has 0 spiro atoms. The molecule has 1 heterocycles. The van der Waals surface area contributed by atoms with Crippen LogP contribution in [0.2, 0.25) is 5.15 Å². The van der Waals surface area contributed by atoms with Gasteiger partial charge in [0.15, 0.2) is 0 Å². The van der Waals surface area contributed by atoms with Gasteiger partial charge in [-0.05, 0) is 24.1 Å². The van der Waals surface area contributed by atoms with Crippen LogP contribution in [0.1, 0.15) is 28.4 Å². The maximum atomic E-state index is 12.2. The van der Waals surface area contributed by atoms with Gasteiger partial charge < -0.3 is 10.4 Å². The molecule has 0 aliphatic heterocycles. The number of aromatic nitrogens is 1. The molecule has 2 aromatic rings. The molecule has 4 nitrogen and oxygen atoms in total. The minimum Gasteiger partial charge on any atom is -0.396 e. The Bertz CT molecular complexity index is 575. The number of carbonyl (C=O) groups excluding carboxylic acids is 1. The summed E-state index contributed by atoms with van der Waals surface area (Å²) in [5.74, 6) is -0.301. The lowest BCUT2D eigenvalue weighted by molar-refractivity contribution is 0.0930. The average Bonchev–Trinajstić information content (AvgIpc) is 2.48. The molecule has 1 atom stereocenters. The number of benzene rings is 1. The van der Waals surface area contributed by atoms with Crippen molar-refractivity contribution in [2.24, 2.45) is 0 Å². The molecule has 0 saturated carbocycles. The summed E-state index contributed by atoms with van der Waals surface area (Å²) in [4.78, 5) is 16.1. The Morgan fingerprint density at radius 3 is 2.65 bits per heavy atom. The van der Waals surface area contributed by atoms with Gasteiger partial charge in [0, 0.05) is 12.8 Å². The number of rotatable bonds is 5. The van der Waals surface area contributed by atoms with Crippen LogP contribution in [0, 0.1) is 0 Å². The molecule has 2 N–H and O–H groups in total. The highest BCUT2D eigenvalue weighted by Gasteiger charge is 2.17. The maximum absolute atomic E-state index is 12.2. The molecule has 5 heteroatoms. The van der Waals surface area contributed by atoms with E-state index in [4.69, 9.17) is 16.7 Å². The second-order valence-corrected chi connectivity index (χ2v) is 4.65. The summed E-state index contributed by atoms with van der Waals surface area (Å²) in [5.41, 5.74) is 1.27. The predicted octanol–water partition coefficient (Wildman–Crippen LogP) is 2.59. The van der Waals surface area contributed by atoms with Gasteiger partial charge in [0.1, 0.15) is 5.15 Å². The minimum absolute atomic E-state index is 0.0133. The summed E-state index contributed by atoms with van der Waals surface area (Å²) < 4.78 is 0. The van der Waals surface area contributed by atoms with Crippen LogP contribution in [0.25, 0.3) is 0 Å². The Morgan fingerprint density at radius 2 is 2.00 bits per heavy atom. The van der Waals surface area contributed by atoms with Gasteiger partial charge in [-0.25, -0.2) is 4.98 Å². The van der Waals surface area contributed by atoms with E-state index in [2.05, 4.69) is 10.3 Å². The zero-order chi connectivity index (χ0) is 14.4. The number of pyridine rings is 1. The summed E-state index contributed by atoms with van der Waals surface area (Å²) in [7, 11) is 0. The van der Waals surface area contributed by atoms with Crippen molar-refractivity contribution >= 4 is 17.5 Å². The highest BCUT2D eigenvalue weighted by molar-refractivity contribution is 6.32. The zero-order valence-electron chi connectivity index (χ0n) is 10.8. The van der Waals surface area contributed by atoms with E-state index in [9.17, 15) is 4.79 Å². The van der Waals surface area contributed by atoms with Gasteiger partial charge in [0.05, 0.1) is 11.6 Å². The van der Waals surface area contributed by atoms with Crippen LogP contribution < -0.4 is 5.32 Å². The smallest absolute Gasteiger partial charge is 0.254 e. The van der Waals surface area contributed by atoms with Crippen molar-refractivity contribution in [3.8, 4) is 0 Å². The van der Waals surface area contributed by atoms with E-state index in [-0.39, 0.29) is 23.7 Å². The molecule has 104 valence electrons. The van der Waals surface area contributed by atoms with Crippen molar-refractivity contribution in [2.45, 2.75) is 12.5 Å². The van der Waals surface area contributed by atoms with Gasteiger partial charge in [-0.1, -0.05) is 41.9 Å². The van der Waals surface area contributed by atoms with Gasteiger partial charge in [-0.2, -0.15) is 0 Å². The molecular formula is C15H15ClN2O2. The van der Waals surface area contributed by atoms with E-state index < -0.39 is 0 Å². The van der Waals surface area contributed by atoms with Crippen LogP contribution in [0.5, 0.6) is 0 Å². The quantitative estimate of drug-likeness (QED) is 0.832. The molecule has 20 heavy (non-hydrogen) atoms. The first-order chi connectivity index (χ1) is 9.72. The van der Waals surface area contributed by atoms with Gasteiger partial charge in [-0.15, -0.1) is 0 Å². The first-order valence-corrected chi connectivity index (χ1v) is 6.67.